The number of benzene rings is 1. The minimum atomic E-state index is -3.72. The van der Waals surface area contributed by atoms with Gasteiger partial charge in [0.05, 0.1) is 23.0 Å². The fourth-order valence-electron chi connectivity index (χ4n) is 2.20. The third kappa shape index (κ3) is 2.15. The predicted octanol–water partition coefficient (Wildman–Crippen LogP) is 2.74. The Morgan fingerprint density at radius 2 is 2.14 bits per heavy atom. The summed E-state index contributed by atoms with van der Waals surface area (Å²) >= 11 is 0. The summed E-state index contributed by atoms with van der Waals surface area (Å²) in [6.45, 7) is 1.87. The Labute approximate surface area is 121 Å². The molecule has 0 radical (unpaired) electrons. The fourth-order valence-corrected chi connectivity index (χ4v) is 3.20. The maximum Gasteiger partial charge on any atom is 0.265 e. The first-order chi connectivity index (χ1) is 10.0. The second-order valence-electron chi connectivity index (χ2n) is 4.56. The average molecular weight is 301 g/mol. The van der Waals surface area contributed by atoms with Crippen molar-refractivity contribution in [2.45, 2.75) is 11.8 Å². The lowest BCUT2D eigenvalue weighted by molar-refractivity contribution is 0.557. The van der Waals surface area contributed by atoms with Crippen molar-refractivity contribution in [2.75, 3.05) is 4.72 Å². The van der Waals surface area contributed by atoms with Crippen molar-refractivity contribution in [3.63, 3.8) is 0 Å². The Hall–Kier alpha value is -2.72. The quantitative estimate of drug-likeness (QED) is 0.777. The van der Waals surface area contributed by atoms with Crippen LogP contribution in [0.25, 0.3) is 10.9 Å². The van der Waals surface area contributed by atoms with Crippen LogP contribution in [0.1, 0.15) is 11.1 Å². The van der Waals surface area contributed by atoms with Crippen LogP contribution in [-0.2, 0) is 10.0 Å². The van der Waals surface area contributed by atoms with Gasteiger partial charge in [0.25, 0.3) is 10.0 Å². The Morgan fingerprint density at radius 3 is 2.81 bits per heavy atom. The molecule has 0 aliphatic carbocycles. The number of hydrogen-bond donors (Lipinski definition) is 2. The van der Waals surface area contributed by atoms with Crippen LogP contribution in [0.5, 0.6) is 0 Å². The normalized spacial score (nSPS) is 11.4. The summed E-state index contributed by atoms with van der Waals surface area (Å²) in [5, 5.41) is 9.81. The number of hydrogen-bond acceptors (Lipinski definition) is 4. The van der Waals surface area contributed by atoms with Crippen molar-refractivity contribution >= 4 is 26.6 Å². The molecule has 0 bridgehead atoms. The van der Waals surface area contributed by atoms with Gasteiger partial charge >= 0.3 is 0 Å². The van der Waals surface area contributed by atoms with Gasteiger partial charge in [0.15, 0.2) is 0 Å². The first kappa shape index (κ1) is 13.3. The highest BCUT2D eigenvalue weighted by atomic mass is 32.2. The highest BCUT2D eigenvalue weighted by Gasteiger charge is 2.18. The monoisotopic (exact) mass is 301 g/mol. The van der Waals surface area contributed by atoms with Crippen molar-refractivity contribution in [1.82, 2.24) is 4.98 Å². The number of furan rings is 1. The van der Waals surface area contributed by atoms with E-state index in [4.69, 9.17) is 9.68 Å². The van der Waals surface area contributed by atoms with Crippen LogP contribution in [0, 0.1) is 18.3 Å². The lowest BCUT2D eigenvalue weighted by Crippen LogP contribution is -2.12. The van der Waals surface area contributed by atoms with Crippen LogP contribution in [-0.4, -0.2) is 13.4 Å². The van der Waals surface area contributed by atoms with E-state index in [-0.39, 0.29) is 4.90 Å². The molecular weight excluding hydrogens is 290 g/mol. The SMILES string of the molecule is Cc1ccc(NS(=O)(=O)c2ccoc2)c2[nH]cc(C#N)c12. The smallest absolute Gasteiger partial charge is 0.265 e. The molecule has 106 valence electrons. The van der Waals surface area contributed by atoms with Crippen molar-refractivity contribution < 1.29 is 12.8 Å². The first-order valence-corrected chi connectivity index (χ1v) is 7.57. The van der Waals surface area contributed by atoms with Crippen molar-refractivity contribution in [3.05, 3.63) is 48.0 Å². The van der Waals surface area contributed by atoms with Gasteiger partial charge < -0.3 is 9.40 Å². The van der Waals surface area contributed by atoms with Crippen LogP contribution in [0.2, 0.25) is 0 Å². The Bertz CT molecular complexity index is 947. The number of sulfonamides is 1. The Kier molecular flexibility index (Phi) is 2.96. The lowest BCUT2D eigenvalue weighted by atomic mass is 10.1. The third-order valence-electron chi connectivity index (χ3n) is 3.21. The molecule has 3 rings (SSSR count). The van der Waals surface area contributed by atoms with Crippen LogP contribution in [0.15, 0.2) is 46.2 Å². The van der Waals surface area contributed by atoms with E-state index in [2.05, 4.69) is 15.8 Å². The van der Waals surface area contributed by atoms with E-state index in [1.165, 1.54) is 12.3 Å². The molecule has 1 aromatic carbocycles. The topological polar surface area (TPSA) is 98.9 Å². The zero-order chi connectivity index (χ0) is 15.0. The predicted molar refractivity (Wildman–Crippen MR) is 77.3 cm³/mol. The molecule has 0 fully saturated rings. The number of nitrogens with zero attached hydrogens (tertiary/aromatic N) is 1. The summed E-state index contributed by atoms with van der Waals surface area (Å²) in [6, 6.07) is 6.88. The fraction of sp³-hybridized carbons (Fsp3) is 0.0714. The minimum Gasteiger partial charge on any atom is -0.471 e. The largest absolute Gasteiger partial charge is 0.471 e. The zero-order valence-corrected chi connectivity index (χ0v) is 11.9. The van der Waals surface area contributed by atoms with Crippen molar-refractivity contribution in [3.8, 4) is 6.07 Å². The van der Waals surface area contributed by atoms with Crippen LogP contribution in [0.4, 0.5) is 5.69 Å². The van der Waals surface area contributed by atoms with E-state index in [0.29, 0.717) is 22.2 Å². The molecular formula is C14H11N3O3S. The summed E-state index contributed by atoms with van der Waals surface area (Å²) in [5.41, 5.74) is 2.35. The molecule has 0 spiro atoms. The highest BCUT2D eigenvalue weighted by Crippen LogP contribution is 2.29. The number of aryl methyl sites for hydroxylation is 1. The van der Waals surface area contributed by atoms with E-state index in [9.17, 15) is 8.42 Å². The summed E-state index contributed by atoms with van der Waals surface area (Å²) in [5.74, 6) is 0. The molecule has 0 saturated carbocycles. The second kappa shape index (κ2) is 4.68. The second-order valence-corrected chi connectivity index (χ2v) is 6.24. The molecule has 3 aromatic rings. The molecule has 21 heavy (non-hydrogen) atoms. The minimum absolute atomic E-state index is 0.0447. The molecule has 0 unspecified atom stereocenters. The van der Waals surface area contributed by atoms with Gasteiger partial charge in [-0.15, -0.1) is 0 Å². The van der Waals surface area contributed by atoms with Gasteiger partial charge in [0.1, 0.15) is 17.2 Å². The number of H-pyrrole nitrogens is 1. The molecule has 6 nitrogen and oxygen atoms in total. The number of anilines is 1. The number of aromatic amines is 1. The number of nitriles is 1. The maximum absolute atomic E-state index is 12.2. The Balaban J connectivity index is 2.13. The van der Waals surface area contributed by atoms with E-state index in [0.717, 1.165) is 11.8 Å². The van der Waals surface area contributed by atoms with Gasteiger partial charge in [-0.05, 0) is 24.6 Å². The number of nitrogens with one attached hydrogen (secondary N) is 2. The van der Waals surface area contributed by atoms with E-state index >= 15 is 0 Å². The molecule has 7 heteroatoms. The van der Waals surface area contributed by atoms with Crippen molar-refractivity contribution in [2.24, 2.45) is 0 Å². The molecule has 0 aliphatic rings. The summed E-state index contributed by atoms with van der Waals surface area (Å²) in [6.07, 6.45) is 4.01. The molecule has 2 N–H and O–H groups in total. The Morgan fingerprint density at radius 1 is 1.33 bits per heavy atom. The van der Waals surface area contributed by atoms with Crippen LogP contribution < -0.4 is 4.72 Å². The van der Waals surface area contributed by atoms with Crippen molar-refractivity contribution in [1.29, 1.82) is 5.26 Å². The standard InChI is InChI=1S/C14H11N3O3S/c1-9-2-3-12(14-13(9)10(6-15)7-16-14)17-21(18,19)11-4-5-20-8-11/h2-5,7-8,16-17H,1H3. The van der Waals surface area contributed by atoms with E-state index < -0.39 is 10.0 Å². The van der Waals surface area contributed by atoms with Gasteiger partial charge in [-0.25, -0.2) is 8.42 Å². The maximum atomic E-state index is 12.2. The number of aromatic nitrogens is 1. The summed E-state index contributed by atoms with van der Waals surface area (Å²) in [4.78, 5) is 2.99. The van der Waals surface area contributed by atoms with Gasteiger partial charge in [-0.2, -0.15) is 5.26 Å². The average Bonchev–Trinajstić information content (AvgIpc) is 3.10. The molecule has 0 aliphatic heterocycles. The van der Waals surface area contributed by atoms with E-state index in [1.807, 2.05) is 6.92 Å². The molecule has 0 atom stereocenters. The van der Waals surface area contributed by atoms with Crippen LogP contribution in [0.3, 0.4) is 0 Å². The summed E-state index contributed by atoms with van der Waals surface area (Å²) in [7, 11) is -3.72. The molecule has 2 aromatic heterocycles. The molecule has 2 heterocycles. The number of rotatable bonds is 3. The lowest BCUT2D eigenvalue weighted by Gasteiger charge is -2.08. The van der Waals surface area contributed by atoms with Gasteiger partial charge in [-0.1, -0.05) is 6.07 Å². The molecule has 0 amide bonds. The highest BCUT2D eigenvalue weighted by molar-refractivity contribution is 7.92. The van der Waals surface area contributed by atoms with Crippen LogP contribution >= 0.6 is 0 Å². The summed E-state index contributed by atoms with van der Waals surface area (Å²) < 4.78 is 31.7. The first-order valence-electron chi connectivity index (χ1n) is 6.09. The molecule has 0 saturated heterocycles. The number of fused-ring (bicyclic) bond motifs is 1. The van der Waals surface area contributed by atoms with E-state index in [1.54, 1.807) is 18.3 Å². The van der Waals surface area contributed by atoms with Gasteiger partial charge in [0, 0.05) is 11.6 Å². The van der Waals surface area contributed by atoms with Gasteiger partial charge in [0.2, 0.25) is 0 Å². The van der Waals surface area contributed by atoms with Gasteiger partial charge in [-0.3, -0.25) is 4.72 Å². The third-order valence-corrected chi connectivity index (χ3v) is 4.56. The zero-order valence-electron chi connectivity index (χ0n) is 11.0.